The zero-order valence-electron chi connectivity index (χ0n) is 23.7. The van der Waals surface area contributed by atoms with Crippen molar-refractivity contribution >= 4 is 0 Å². The summed E-state index contributed by atoms with van der Waals surface area (Å²) < 4.78 is 17.6. The fourth-order valence-electron chi connectivity index (χ4n) is 6.71. The third-order valence-corrected chi connectivity index (χ3v) is 9.01. The molecule has 1 fully saturated rings. The van der Waals surface area contributed by atoms with Crippen molar-refractivity contribution in [2.24, 2.45) is 17.6 Å². The van der Waals surface area contributed by atoms with Crippen LogP contribution in [-0.2, 0) is 28.9 Å². The lowest BCUT2D eigenvalue weighted by atomic mass is 9.72. The predicted molar refractivity (Wildman–Crippen MR) is 154 cm³/mol. The van der Waals surface area contributed by atoms with Crippen molar-refractivity contribution in [3.8, 4) is 11.5 Å². The van der Waals surface area contributed by atoms with Crippen LogP contribution in [0.15, 0.2) is 66.1 Å². The number of phenols is 1. The van der Waals surface area contributed by atoms with Crippen LogP contribution < -0.4 is 10.5 Å². The summed E-state index contributed by atoms with van der Waals surface area (Å²) in [6.45, 7) is 4.56. The molecule has 39 heavy (non-hydrogen) atoms. The Labute approximate surface area is 233 Å². The van der Waals surface area contributed by atoms with E-state index >= 15 is 0 Å². The molecule has 3 N–H and O–H groups in total. The van der Waals surface area contributed by atoms with Crippen LogP contribution in [0.1, 0.15) is 55.7 Å². The van der Waals surface area contributed by atoms with Gasteiger partial charge in [-0.25, -0.2) is 0 Å². The van der Waals surface area contributed by atoms with Crippen molar-refractivity contribution in [2.75, 3.05) is 27.4 Å². The number of aromatic hydroxyl groups is 1. The lowest BCUT2D eigenvalue weighted by Gasteiger charge is -2.41. The molecule has 0 spiro atoms. The molecule has 3 aliphatic rings. The number of methoxy groups -OCH3 is 2. The molecule has 0 amide bonds. The summed E-state index contributed by atoms with van der Waals surface area (Å²) in [6.07, 6.45) is 12.1. The van der Waals surface area contributed by atoms with Gasteiger partial charge in [-0.05, 0) is 97.7 Å². The summed E-state index contributed by atoms with van der Waals surface area (Å²) in [7, 11) is 3.43. The number of nitrogens with zero attached hydrogens (tertiary/aromatic N) is 1. The fourth-order valence-corrected chi connectivity index (χ4v) is 6.71. The normalized spacial score (nSPS) is 24.1. The number of benzene rings is 2. The van der Waals surface area contributed by atoms with Gasteiger partial charge in [0.1, 0.15) is 18.1 Å². The number of aryl methyl sites for hydroxylation is 1. The lowest BCUT2D eigenvalue weighted by Crippen LogP contribution is -2.44. The molecule has 5 rings (SSSR count). The monoisotopic (exact) mass is 532 g/mol. The SMILES string of the molecule is CCN(Cc1ccc(OCC2(N)CCCC2)cc1)C1C=C(OC)C(OC)=CC1[C@@H]1CCc2cc(O)ccc2C1. The molecule has 0 aliphatic heterocycles. The van der Waals surface area contributed by atoms with Crippen LogP contribution >= 0.6 is 0 Å². The van der Waals surface area contributed by atoms with Gasteiger partial charge in [0.15, 0.2) is 11.5 Å². The van der Waals surface area contributed by atoms with Gasteiger partial charge < -0.3 is 25.1 Å². The maximum Gasteiger partial charge on any atom is 0.158 e. The second-order valence-electron chi connectivity index (χ2n) is 11.6. The van der Waals surface area contributed by atoms with Crippen molar-refractivity contribution in [1.82, 2.24) is 4.90 Å². The van der Waals surface area contributed by atoms with Gasteiger partial charge in [0.05, 0.1) is 19.8 Å². The third-order valence-electron chi connectivity index (χ3n) is 9.01. The first-order valence-electron chi connectivity index (χ1n) is 14.5. The van der Waals surface area contributed by atoms with E-state index in [2.05, 4.69) is 54.3 Å². The Hall–Kier alpha value is -2.96. The van der Waals surface area contributed by atoms with Crippen LogP contribution in [0, 0.1) is 11.8 Å². The second kappa shape index (κ2) is 12.1. The van der Waals surface area contributed by atoms with E-state index in [1.807, 2.05) is 12.1 Å². The number of nitrogens with two attached hydrogens (primary N) is 1. The molecule has 6 heteroatoms. The largest absolute Gasteiger partial charge is 0.508 e. The molecule has 0 heterocycles. The molecule has 210 valence electrons. The number of ether oxygens (including phenoxy) is 3. The molecule has 0 saturated heterocycles. The van der Waals surface area contributed by atoms with Gasteiger partial charge in [-0.3, -0.25) is 4.90 Å². The van der Waals surface area contributed by atoms with Crippen LogP contribution in [0.3, 0.4) is 0 Å². The lowest BCUT2D eigenvalue weighted by molar-refractivity contribution is 0.132. The molecule has 6 nitrogen and oxygen atoms in total. The van der Waals surface area contributed by atoms with Crippen LogP contribution in [-0.4, -0.2) is 49.0 Å². The maximum atomic E-state index is 9.95. The van der Waals surface area contributed by atoms with Gasteiger partial charge in [0.2, 0.25) is 0 Å². The molecular weight excluding hydrogens is 488 g/mol. The third kappa shape index (κ3) is 6.28. The Kier molecular flexibility index (Phi) is 8.53. The number of fused-ring (bicyclic) bond motifs is 1. The van der Waals surface area contributed by atoms with Gasteiger partial charge in [0.25, 0.3) is 0 Å². The molecule has 2 aromatic carbocycles. The molecular formula is C33H44N2O4. The van der Waals surface area contributed by atoms with E-state index in [0.717, 1.165) is 62.5 Å². The van der Waals surface area contributed by atoms with Gasteiger partial charge in [0, 0.05) is 18.5 Å². The molecule has 2 unspecified atom stereocenters. The zero-order valence-corrected chi connectivity index (χ0v) is 23.7. The van der Waals surface area contributed by atoms with Crippen LogP contribution in [0.25, 0.3) is 0 Å². The van der Waals surface area contributed by atoms with Gasteiger partial charge in [-0.1, -0.05) is 38.0 Å². The molecule has 0 bridgehead atoms. The van der Waals surface area contributed by atoms with E-state index in [0.29, 0.717) is 18.3 Å². The highest BCUT2D eigenvalue weighted by atomic mass is 16.5. The summed E-state index contributed by atoms with van der Waals surface area (Å²) in [4.78, 5) is 2.53. The summed E-state index contributed by atoms with van der Waals surface area (Å²) in [5.41, 5.74) is 10.2. The maximum absolute atomic E-state index is 9.95. The first-order chi connectivity index (χ1) is 18.9. The first-order valence-corrected chi connectivity index (χ1v) is 14.5. The highest BCUT2D eigenvalue weighted by Crippen LogP contribution is 2.40. The van der Waals surface area contributed by atoms with E-state index < -0.39 is 0 Å². The minimum absolute atomic E-state index is 0.173. The first kappa shape index (κ1) is 27.6. The number of hydrogen-bond donors (Lipinski definition) is 2. The fraction of sp³-hybridized carbons (Fsp3) is 0.515. The Morgan fingerprint density at radius 1 is 0.974 bits per heavy atom. The Morgan fingerprint density at radius 2 is 1.69 bits per heavy atom. The number of likely N-dealkylation sites (N-methyl/N-ethyl adjacent to an activating group) is 1. The highest BCUT2D eigenvalue weighted by Gasteiger charge is 2.37. The summed E-state index contributed by atoms with van der Waals surface area (Å²) in [6, 6.07) is 14.5. The average Bonchev–Trinajstić information content (AvgIpc) is 3.41. The zero-order chi connectivity index (χ0) is 27.4. The van der Waals surface area contributed by atoms with Gasteiger partial charge >= 0.3 is 0 Å². The molecule has 0 radical (unpaired) electrons. The van der Waals surface area contributed by atoms with E-state index in [9.17, 15) is 5.11 Å². The van der Waals surface area contributed by atoms with Crippen molar-refractivity contribution in [1.29, 1.82) is 0 Å². The van der Waals surface area contributed by atoms with E-state index in [1.165, 1.54) is 29.5 Å². The highest BCUT2D eigenvalue weighted by molar-refractivity contribution is 5.38. The van der Waals surface area contributed by atoms with Gasteiger partial charge in [-0.15, -0.1) is 0 Å². The second-order valence-corrected chi connectivity index (χ2v) is 11.6. The minimum atomic E-state index is -0.173. The van der Waals surface area contributed by atoms with E-state index in [4.69, 9.17) is 19.9 Å². The Bertz CT molecular complexity index is 1180. The molecule has 0 aromatic heterocycles. The predicted octanol–water partition coefficient (Wildman–Crippen LogP) is 5.73. The van der Waals surface area contributed by atoms with Crippen molar-refractivity contribution in [3.63, 3.8) is 0 Å². The quantitative estimate of drug-likeness (QED) is 0.407. The number of phenolic OH excluding ortho intramolecular Hbond substituents is 1. The van der Waals surface area contributed by atoms with Crippen LogP contribution in [0.4, 0.5) is 0 Å². The Balaban J connectivity index is 1.32. The minimum Gasteiger partial charge on any atom is -0.508 e. The van der Waals surface area contributed by atoms with E-state index in [1.54, 1.807) is 14.2 Å². The van der Waals surface area contributed by atoms with E-state index in [-0.39, 0.29) is 17.5 Å². The molecule has 2 aromatic rings. The van der Waals surface area contributed by atoms with Crippen molar-refractivity contribution in [2.45, 2.75) is 70.0 Å². The number of hydrogen-bond acceptors (Lipinski definition) is 6. The topological polar surface area (TPSA) is 77.2 Å². The average molecular weight is 533 g/mol. The summed E-state index contributed by atoms with van der Waals surface area (Å²) >= 11 is 0. The number of rotatable bonds is 10. The molecule has 3 aliphatic carbocycles. The van der Waals surface area contributed by atoms with Crippen LogP contribution in [0.5, 0.6) is 11.5 Å². The molecule has 1 saturated carbocycles. The standard InChI is InChI=1S/C33H44N2O4/c1-4-35(21-23-7-13-28(14-8-23)39-22-33(34)15-5-6-16-33)30-20-32(38-3)31(37-2)19-29(30)26-10-9-25-18-27(36)12-11-24(25)17-26/h7-8,11-14,18-20,26,29-30,36H,4-6,9-10,15-17,21-22,34H2,1-3H3/t26-,29?,30?/m1/s1. The Morgan fingerprint density at radius 3 is 2.38 bits per heavy atom. The summed E-state index contributed by atoms with van der Waals surface area (Å²) in [5.74, 6) is 3.60. The smallest absolute Gasteiger partial charge is 0.158 e. The van der Waals surface area contributed by atoms with Crippen molar-refractivity contribution in [3.05, 3.63) is 82.8 Å². The molecule has 3 atom stereocenters. The van der Waals surface area contributed by atoms with Gasteiger partial charge in [-0.2, -0.15) is 0 Å². The summed E-state index contributed by atoms with van der Waals surface area (Å²) in [5, 5.41) is 9.95. The van der Waals surface area contributed by atoms with Crippen molar-refractivity contribution < 1.29 is 19.3 Å². The van der Waals surface area contributed by atoms with Crippen LogP contribution in [0.2, 0.25) is 0 Å².